The van der Waals surface area contributed by atoms with Gasteiger partial charge >= 0.3 is 37.9 Å². The summed E-state index contributed by atoms with van der Waals surface area (Å²) in [6, 6.07) is 7.68. The van der Waals surface area contributed by atoms with Gasteiger partial charge in [0.25, 0.3) is 5.95 Å². The quantitative estimate of drug-likeness (QED) is 0.128. The molecule has 3 aromatic rings. The average Bonchev–Trinajstić information content (AvgIpc) is 3.40. The number of carbonyl (C=O) groups excluding carboxylic acids is 2. The fourth-order valence-corrected chi connectivity index (χ4v) is 6.66. The predicted molar refractivity (Wildman–Crippen MR) is 129 cm³/mol. The minimum absolute atomic E-state index is 0.187. The molecule has 0 radical (unpaired) electrons. The van der Waals surface area contributed by atoms with E-state index in [-0.39, 0.29) is 20.5 Å². The van der Waals surface area contributed by atoms with Crippen LogP contribution in [-0.2, 0) is 34.4 Å². The molecule has 2 N–H and O–H groups in total. The van der Waals surface area contributed by atoms with Crippen molar-refractivity contribution in [1.29, 1.82) is 0 Å². The molecule has 37 heavy (non-hydrogen) atoms. The first-order chi connectivity index (χ1) is 17.6. The van der Waals surface area contributed by atoms with Gasteiger partial charge in [0.1, 0.15) is 21.8 Å². The molecule has 1 aromatic carbocycles. The van der Waals surface area contributed by atoms with Gasteiger partial charge in [0.05, 0.1) is 19.8 Å². The summed E-state index contributed by atoms with van der Waals surface area (Å²) in [5.74, 6) is -2.88. The van der Waals surface area contributed by atoms with E-state index in [0.29, 0.717) is 0 Å². The average molecular weight is 571 g/mol. The van der Waals surface area contributed by atoms with Crippen LogP contribution < -0.4 is 10.0 Å². The van der Waals surface area contributed by atoms with Crippen LogP contribution in [0.15, 0.2) is 64.0 Å². The number of methoxy groups -OCH3 is 2. The first kappa shape index (κ1) is 27.5. The number of guanidine groups is 1. The summed E-state index contributed by atoms with van der Waals surface area (Å²) in [7, 11) is -6.32. The molecule has 0 aliphatic carbocycles. The Kier molecular flexibility index (Phi) is 8.41. The highest BCUT2D eigenvalue weighted by Gasteiger charge is 2.37. The van der Waals surface area contributed by atoms with Crippen LogP contribution in [0.3, 0.4) is 0 Å². The van der Waals surface area contributed by atoms with Crippen LogP contribution in [0.25, 0.3) is 0 Å². The maximum atomic E-state index is 13.6. The molecule has 2 heterocycles. The van der Waals surface area contributed by atoms with Crippen molar-refractivity contribution in [2.45, 2.75) is 9.79 Å². The topological polar surface area (TPSA) is 183 Å². The SMILES string of the molecule is COC(=O)c1ccccc1S(=O)(=O)[N+](OC)=C(Nc1ncccn1)NS(=O)(=O)c1ccsc1C(=O)OC. The molecule has 0 saturated carbocycles. The van der Waals surface area contributed by atoms with Crippen LogP contribution in [0.5, 0.6) is 0 Å². The maximum absolute atomic E-state index is 13.6. The number of carbonyl (C=O) groups is 2. The smallest absolute Gasteiger partial charge is 0.421 e. The molecule has 0 aliphatic rings. The summed E-state index contributed by atoms with van der Waals surface area (Å²) in [6.45, 7) is 0. The molecule has 0 bridgehead atoms. The molecule has 0 amide bonds. The molecule has 17 heteroatoms. The van der Waals surface area contributed by atoms with E-state index in [1.165, 1.54) is 42.0 Å². The van der Waals surface area contributed by atoms with Crippen molar-refractivity contribution in [1.82, 2.24) is 14.7 Å². The largest absolute Gasteiger partial charge is 0.465 e. The van der Waals surface area contributed by atoms with Gasteiger partial charge in [-0.2, -0.15) is 21.6 Å². The highest BCUT2D eigenvalue weighted by molar-refractivity contribution is 7.90. The lowest BCUT2D eigenvalue weighted by atomic mass is 10.2. The van der Waals surface area contributed by atoms with E-state index in [1.54, 1.807) is 0 Å². The number of benzene rings is 1. The van der Waals surface area contributed by atoms with E-state index in [9.17, 15) is 26.4 Å². The standard InChI is InChI=1S/C20H19N5O9S3/c1-32-17(26)13-7-4-5-8-14(13)37(30,31)25(34-3)20(23-19-21-10-6-11-22-19)24-36(28,29)15-9-12-35-16(15)18(27)33-2/h4-12H,1-3H3,(H,21,22,23,24)/p+1. The lowest BCUT2D eigenvalue weighted by Crippen LogP contribution is -2.45. The molecular weight excluding hydrogens is 550 g/mol. The van der Waals surface area contributed by atoms with Crippen LogP contribution in [0.2, 0.25) is 0 Å². The molecule has 0 saturated heterocycles. The number of rotatable bonds is 8. The van der Waals surface area contributed by atoms with E-state index in [2.05, 4.69) is 29.5 Å². The Morgan fingerprint density at radius 1 is 0.892 bits per heavy atom. The van der Waals surface area contributed by atoms with E-state index in [4.69, 9.17) is 4.84 Å². The van der Waals surface area contributed by atoms with Gasteiger partial charge < -0.3 is 14.3 Å². The first-order valence-electron chi connectivity index (χ1n) is 9.93. The number of anilines is 1. The lowest BCUT2D eigenvalue weighted by molar-refractivity contribution is -0.667. The molecule has 0 fully saturated rings. The Balaban J connectivity index is 2.23. The van der Waals surface area contributed by atoms with Crippen molar-refractivity contribution in [2.24, 2.45) is 0 Å². The number of esters is 2. The Bertz CT molecular complexity index is 1550. The van der Waals surface area contributed by atoms with Crippen LogP contribution in [-0.4, -0.2) is 70.2 Å². The van der Waals surface area contributed by atoms with Crippen LogP contribution in [0.1, 0.15) is 20.0 Å². The number of nitrogens with one attached hydrogen (secondary N) is 2. The second-order valence-electron chi connectivity index (χ2n) is 6.66. The number of nitrogens with zero attached hydrogens (tertiary/aromatic N) is 3. The van der Waals surface area contributed by atoms with Crippen LogP contribution in [0.4, 0.5) is 5.95 Å². The van der Waals surface area contributed by atoms with Crippen molar-refractivity contribution < 1.29 is 44.9 Å². The third-order valence-corrected chi connectivity index (χ3v) is 8.54. The molecule has 0 unspecified atom stereocenters. The second kappa shape index (κ2) is 11.3. The number of thiophene rings is 1. The third kappa shape index (κ3) is 5.84. The number of ether oxygens (including phenoxy) is 2. The molecule has 0 atom stereocenters. The molecular formula is C20H20N5O9S3+. The summed E-state index contributed by atoms with van der Waals surface area (Å²) in [5, 5.41) is 3.79. The fourth-order valence-electron chi connectivity index (χ4n) is 2.88. The summed E-state index contributed by atoms with van der Waals surface area (Å²) >= 11 is 0.802. The Morgan fingerprint density at radius 2 is 1.54 bits per heavy atom. The molecule has 14 nitrogen and oxygen atoms in total. The van der Waals surface area contributed by atoms with Crippen molar-refractivity contribution >= 4 is 55.2 Å². The Morgan fingerprint density at radius 3 is 2.16 bits per heavy atom. The van der Waals surface area contributed by atoms with Crippen molar-refractivity contribution in [2.75, 3.05) is 26.6 Å². The van der Waals surface area contributed by atoms with Crippen molar-refractivity contribution in [3.8, 4) is 0 Å². The molecule has 2 aromatic heterocycles. The van der Waals surface area contributed by atoms with Gasteiger partial charge in [-0.3, -0.25) is 0 Å². The summed E-state index contributed by atoms with van der Waals surface area (Å²) in [5.41, 5.74) is -0.337. The van der Waals surface area contributed by atoms with Gasteiger partial charge in [-0.1, -0.05) is 12.1 Å². The Labute approximate surface area is 215 Å². The fraction of sp³-hybridized carbons (Fsp3) is 0.150. The molecule has 196 valence electrons. The number of hydrogen-bond donors (Lipinski definition) is 2. The van der Waals surface area contributed by atoms with Crippen LogP contribution in [0, 0.1) is 0 Å². The van der Waals surface area contributed by atoms with Gasteiger partial charge in [-0.15, -0.1) is 11.3 Å². The minimum atomic E-state index is -4.79. The number of sulfonamides is 2. The molecule has 0 spiro atoms. The molecule has 0 aliphatic heterocycles. The van der Waals surface area contributed by atoms with E-state index in [1.807, 2.05) is 0 Å². The lowest BCUT2D eigenvalue weighted by Gasteiger charge is -2.13. The van der Waals surface area contributed by atoms with Gasteiger partial charge in [0.15, 0.2) is 0 Å². The van der Waals surface area contributed by atoms with Gasteiger partial charge in [-0.05, 0) is 29.6 Å². The Hall–Kier alpha value is -4.09. The molecule has 3 rings (SSSR count). The van der Waals surface area contributed by atoms with E-state index in [0.717, 1.165) is 44.8 Å². The zero-order chi connectivity index (χ0) is 27.2. The second-order valence-corrected chi connectivity index (χ2v) is 10.9. The van der Waals surface area contributed by atoms with Gasteiger partial charge in [0, 0.05) is 16.5 Å². The van der Waals surface area contributed by atoms with E-state index >= 15 is 0 Å². The van der Waals surface area contributed by atoms with Crippen molar-refractivity contribution in [3.05, 3.63) is 64.6 Å². The number of aromatic nitrogens is 2. The number of hydrogen-bond acceptors (Lipinski definition) is 12. The zero-order valence-electron chi connectivity index (χ0n) is 19.4. The zero-order valence-corrected chi connectivity index (χ0v) is 21.9. The summed E-state index contributed by atoms with van der Waals surface area (Å²) in [6.07, 6.45) is 2.63. The van der Waals surface area contributed by atoms with Crippen LogP contribution >= 0.6 is 11.3 Å². The van der Waals surface area contributed by atoms with Crippen molar-refractivity contribution in [3.63, 3.8) is 0 Å². The summed E-state index contributed by atoms with van der Waals surface area (Å²) < 4.78 is 65.3. The highest BCUT2D eigenvalue weighted by atomic mass is 32.2. The minimum Gasteiger partial charge on any atom is -0.465 e. The summed E-state index contributed by atoms with van der Waals surface area (Å²) in [4.78, 5) is 35.8. The monoisotopic (exact) mass is 570 g/mol. The predicted octanol–water partition coefficient (Wildman–Crippen LogP) is 0.820. The maximum Gasteiger partial charge on any atom is 0.421 e. The van der Waals surface area contributed by atoms with E-state index < -0.39 is 47.7 Å². The van der Waals surface area contributed by atoms with Gasteiger partial charge in [0.2, 0.25) is 0 Å². The normalized spacial score (nSPS) is 12.2. The third-order valence-electron chi connectivity index (χ3n) is 4.45. The highest BCUT2D eigenvalue weighted by Crippen LogP contribution is 2.23. The first-order valence-corrected chi connectivity index (χ1v) is 13.7. The van der Waals surface area contributed by atoms with Gasteiger partial charge in [-0.25, -0.2) is 24.9 Å².